The van der Waals surface area contributed by atoms with Gasteiger partial charge in [-0.25, -0.2) is 4.79 Å². The lowest BCUT2D eigenvalue weighted by Gasteiger charge is -2.37. The van der Waals surface area contributed by atoms with Crippen LogP contribution in [0, 0.1) is 6.92 Å². The molecule has 0 bridgehead atoms. The maximum Gasteiger partial charge on any atom is 0.350 e. The van der Waals surface area contributed by atoms with Gasteiger partial charge >= 0.3 is 5.97 Å². The van der Waals surface area contributed by atoms with Gasteiger partial charge in [0.05, 0.1) is 17.9 Å². The van der Waals surface area contributed by atoms with Crippen molar-refractivity contribution < 1.29 is 14.3 Å². The third kappa shape index (κ3) is 3.87. The van der Waals surface area contributed by atoms with Crippen LogP contribution in [0.15, 0.2) is 59.1 Å². The van der Waals surface area contributed by atoms with Crippen molar-refractivity contribution in [2.75, 3.05) is 11.9 Å². The summed E-state index contributed by atoms with van der Waals surface area (Å²) in [6, 6.07) is 17.7. The number of hydrogen-bond acceptors (Lipinski definition) is 5. The Morgan fingerprint density at radius 1 is 1.17 bits per heavy atom. The van der Waals surface area contributed by atoms with Gasteiger partial charge in [-0.1, -0.05) is 58.4 Å². The van der Waals surface area contributed by atoms with Crippen LogP contribution in [0.4, 0.5) is 5.69 Å². The van der Waals surface area contributed by atoms with Crippen molar-refractivity contribution in [3.63, 3.8) is 0 Å². The first kappa shape index (κ1) is 20.6. The van der Waals surface area contributed by atoms with Gasteiger partial charge in [-0.2, -0.15) is 0 Å². The summed E-state index contributed by atoms with van der Waals surface area (Å²) in [6.45, 7) is 4.38. The third-order valence-corrected chi connectivity index (χ3v) is 6.61. The monoisotopic (exact) mass is 484 g/mol. The maximum atomic E-state index is 13.6. The molecule has 1 amide bonds. The zero-order valence-electron chi connectivity index (χ0n) is 16.6. The van der Waals surface area contributed by atoms with Crippen LogP contribution in [0.2, 0.25) is 0 Å². The van der Waals surface area contributed by atoms with Crippen LogP contribution < -0.4 is 5.32 Å². The lowest BCUT2D eigenvalue weighted by atomic mass is 10.0. The highest BCUT2D eigenvalue weighted by atomic mass is 79.9. The van der Waals surface area contributed by atoms with Crippen molar-refractivity contribution in [2.45, 2.75) is 26.6 Å². The number of carbonyl (C=O) groups is 2. The number of ether oxygens (including phenoxy) is 1. The molecule has 0 fully saturated rings. The predicted molar refractivity (Wildman–Crippen MR) is 122 cm³/mol. The van der Waals surface area contributed by atoms with Crippen LogP contribution in [-0.4, -0.2) is 23.4 Å². The van der Waals surface area contributed by atoms with Crippen LogP contribution in [0.25, 0.3) is 0 Å². The minimum absolute atomic E-state index is 0.0928. The number of nitrogens with zero attached hydrogens (tertiary/aromatic N) is 1. The van der Waals surface area contributed by atoms with E-state index in [0.717, 1.165) is 20.5 Å². The number of anilines is 1. The number of carbonyl (C=O) groups excluding carboxylic acids is 2. The molecular weight excluding hydrogens is 464 g/mol. The number of thiophene rings is 1. The van der Waals surface area contributed by atoms with Gasteiger partial charge < -0.3 is 15.0 Å². The second-order valence-electron chi connectivity index (χ2n) is 6.97. The maximum absolute atomic E-state index is 13.6. The summed E-state index contributed by atoms with van der Waals surface area (Å²) in [4.78, 5) is 29.2. The number of esters is 1. The molecule has 1 atom stereocenters. The Morgan fingerprint density at radius 2 is 1.87 bits per heavy atom. The predicted octanol–water partition coefficient (Wildman–Crippen LogP) is 5.76. The number of halogens is 1. The summed E-state index contributed by atoms with van der Waals surface area (Å²) >= 11 is 4.76. The van der Waals surface area contributed by atoms with Gasteiger partial charge in [-0.05, 0) is 37.1 Å². The Morgan fingerprint density at radius 3 is 2.53 bits per heavy atom. The van der Waals surface area contributed by atoms with Crippen molar-refractivity contribution in [3.05, 3.63) is 85.5 Å². The largest absolute Gasteiger partial charge is 0.462 e. The van der Waals surface area contributed by atoms with Crippen LogP contribution >= 0.6 is 27.3 Å². The molecule has 0 radical (unpaired) electrons. The highest BCUT2D eigenvalue weighted by molar-refractivity contribution is 9.10. The Bertz CT molecular complexity index is 1080. The zero-order chi connectivity index (χ0) is 21.3. The van der Waals surface area contributed by atoms with Gasteiger partial charge in [0.15, 0.2) is 0 Å². The van der Waals surface area contributed by atoms with Crippen LogP contribution in [0.3, 0.4) is 0 Å². The lowest BCUT2D eigenvalue weighted by Crippen LogP contribution is -2.42. The average Bonchev–Trinajstić information content (AvgIpc) is 3.08. The summed E-state index contributed by atoms with van der Waals surface area (Å²) in [5, 5.41) is 3.46. The minimum atomic E-state index is -0.404. The molecule has 1 unspecified atom stereocenters. The topological polar surface area (TPSA) is 58.6 Å². The van der Waals surface area contributed by atoms with E-state index in [2.05, 4.69) is 21.2 Å². The Balaban J connectivity index is 1.80. The molecule has 7 heteroatoms. The minimum Gasteiger partial charge on any atom is -0.462 e. The quantitative estimate of drug-likeness (QED) is 0.467. The van der Waals surface area contributed by atoms with Gasteiger partial charge in [0.2, 0.25) is 0 Å². The molecule has 3 aromatic rings. The van der Waals surface area contributed by atoms with E-state index in [4.69, 9.17) is 4.74 Å². The molecule has 2 heterocycles. The molecule has 1 aliphatic rings. The molecule has 5 nitrogen and oxygen atoms in total. The second-order valence-corrected chi connectivity index (χ2v) is 9.12. The first-order valence-electron chi connectivity index (χ1n) is 9.67. The number of fused-ring (bicyclic) bond motifs is 1. The van der Waals surface area contributed by atoms with E-state index >= 15 is 0 Å². The highest BCUT2D eigenvalue weighted by Crippen LogP contribution is 2.42. The van der Waals surface area contributed by atoms with E-state index in [1.54, 1.807) is 6.92 Å². The molecule has 154 valence electrons. The van der Waals surface area contributed by atoms with Crippen molar-refractivity contribution in [1.82, 2.24) is 4.90 Å². The van der Waals surface area contributed by atoms with Gasteiger partial charge in [0, 0.05) is 15.9 Å². The molecule has 4 rings (SSSR count). The number of nitrogens with one attached hydrogen (secondary N) is 1. The van der Waals surface area contributed by atoms with Crippen LogP contribution in [0.5, 0.6) is 0 Å². The normalized spacial score (nSPS) is 15.5. The SMILES string of the molecule is CCOC(=O)c1sc(C)c2c1NC(c1ccc(Br)cc1)N(Cc1ccccc1)C2=O. The fourth-order valence-corrected chi connectivity index (χ4v) is 4.87. The third-order valence-electron chi connectivity index (χ3n) is 4.99. The molecule has 30 heavy (non-hydrogen) atoms. The number of aryl methyl sites for hydroxylation is 1. The number of amides is 1. The standard InChI is InChI=1S/C23H21BrN2O3S/c1-3-29-23(28)20-19-18(14(2)30-20)22(27)26(13-15-7-5-4-6-8-15)21(25-19)16-9-11-17(24)12-10-16/h4-12,21,25H,3,13H2,1-2H3. The molecule has 0 spiro atoms. The number of benzene rings is 2. The first-order valence-corrected chi connectivity index (χ1v) is 11.3. The summed E-state index contributed by atoms with van der Waals surface area (Å²) in [5.41, 5.74) is 3.09. The molecule has 1 aliphatic heterocycles. The van der Waals surface area contributed by atoms with Crippen LogP contribution in [0.1, 0.15) is 49.1 Å². The van der Waals surface area contributed by atoms with E-state index in [1.165, 1.54) is 11.3 Å². The van der Waals surface area contributed by atoms with E-state index in [9.17, 15) is 9.59 Å². The number of rotatable bonds is 5. The molecule has 1 N–H and O–H groups in total. The van der Waals surface area contributed by atoms with Gasteiger partial charge in [0.1, 0.15) is 11.0 Å². The Labute approximate surface area is 187 Å². The molecule has 0 aliphatic carbocycles. The van der Waals surface area contributed by atoms with Crippen molar-refractivity contribution in [2.24, 2.45) is 0 Å². The molecule has 2 aromatic carbocycles. The fourth-order valence-electron chi connectivity index (χ4n) is 3.61. The smallest absolute Gasteiger partial charge is 0.350 e. The molecule has 0 saturated heterocycles. The van der Waals surface area contributed by atoms with Crippen molar-refractivity contribution in [1.29, 1.82) is 0 Å². The first-order chi connectivity index (χ1) is 14.5. The molecule has 1 aromatic heterocycles. The Hall–Kier alpha value is -2.64. The number of hydrogen-bond donors (Lipinski definition) is 1. The van der Waals surface area contributed by atoms with Gasteiger partial charge in [-0.3, -0.25) is 4.79 Å². The van der Waals surface area contributed by atoms with E-state index in [1.807, 2.05) is 66.4 Å². The zero-order valence-corrected chi connectivity index (χ0v) is 19.0. The molecule has 0 saturated carbocycles. The fraction of sp³-hybridized carbons (Fsp3) is 0.217. The summed E-state index contributed by atoms with van der Waals surface area (Å²) in [6.07, 6.45) is -0.402. The average molecular weight is 485 g/mol. The van der Waals surface area contributed by atoms with Crippen molar-refractivity contribution >= 4 is 44.8 Å². The van der Waals surface area contributed by atoms with Crippen molar-refractivity contribution in [3.8, 4) is 0 Å². The van der Waals surface area contributed by atoms with Gasteiger partial charge in [0.25, 0.3) is 5.91 Å². The summed E-state index contributed by atoms with van der Waals surface area (Å²) < 4.78 is 6.18. The van der Waals surface area contributed by atoms with E-state index in [-0.39, 0.29) is 12.5 Å². The summed E-state index contributed by atoms with van der Waals surface area (Å²) in [5.74, 6) is -0.497. The second kappa shape index (κ2) is 8.62. The van der Waals surface area contributed by atoms with Crippen LogP contribution in [-0.2, 0) is 11.3 Å². The lowest BCUT2D eigenvalue weighted by molar-refractivity contribution is 0.0532. The van der Waals surface area contributed by atoms with E-state index < -0.39 is 12.1 Å². The van der Waals surface area contributed by atoms with E-state index in [0.29, 0.717) is 22.7 Å². The highest BCUT2D eigenvalue weighted by Gasteiger charge is 2.38. The van der Waals surface area contributed by atoms with Gasteiger partial charge in [-0.15, -0.1) is 11.3 Å². The summed E-state index contributed by atoms with van der Waals surface area (Å²) in [7, 11) is 0. The Kier molecular flexibility index (Phi) is 5.92. The molecular formula is C23H21BrN2O3S.